The van der Waals surface area contributed by atoms with Gasteiger partial charge in [0.1, 0.15) is 16.9 Å². The number of nitrogens with zero attached hydrogens (tertiary/aromatic N) is 4. The zero-order valence-corrected chi connectivity index (χ0v) is 25.7. The summed E-state index contributed by atoms with van der Waals surface area (Å²) in [5, 5.41) is 15.7. The fourth-order valence-electron chi connectivity index (χ4n) is 4.50. The Bertz CT molecular complexity index is 1780. The zero-order chi connectivity index (χ0) is 35.3. The molecule has 1 aliphatic heterocycles. The number of aliphatic carboxylic acids is 2. The number of rotatable bonds is 5. The molecule has 254 valence electrons. The third-order valence-corrected chi connectivity index (χ3v) is 8.13. The van der Waals surface area contributed by atoms with E-state index in [1.807, 2.05) is 43.4 Å². The van der Waals surface area contributed by atoms with E-state index in [0.29, 0.717) is 16.0 Å². The topological polar surface area (TPSA) is 142 Å². The van der Waals surface area contributed by atoms with Crippen LogP contribution in [0.3, 0.4) is 0 Å². The van der Waals surface area contributed by atoms with Gasteiger partial charge in [0.25, 0.3) is 11.5 Å². The first-order valence-electron chi connectivity index (χ1n) is 13.5. The number of alkyl halides is 6. The van der Waals surface area contributed by atoms with Crippen LogP contribution in [0.15, 0.2) is 53.6 Å². The highest BCUT2D eigenvalue weighted by atomic mass is 32.1. The lowest BCUT2D eigenvalue weighted by Gasteiger charge is -2.24. The molecular formula is C29H28F6N4O7S. The van der Waals surface area contributed by atoms with Crippen molar-refractivity contribution in [2.45, 2.75) is 31.4 Å². The van der Waals surface area contributed by atoms with Crippen LogP contribution in [0.5, 0.6) is 5.75 Å². The van der Waals surface area contributed by atoms with Gasteiger partial charge >= 0.3 is 24.3 Å². The second kappa shape index (κ2) is 14.8. The molecule has 1 amide bonds. The van der Waals surface area contributed by atoms with E-state index < -0.39 is 24.3 Å². The van der Waals surface area contributed by atoms with Gasteiger partial charge < -0.3 is 29.3 Å². The van der Waals surface area contributed by atoms with Crippen molar-refractivity contribution < 1.29 is 55.7 Å². The van der Waals surface area contributed by atoms with Crippen molar-refractivity contribution in [3.05, 3.63) is 69.6 Å². The van der Waals surface area contributed by atoms with E-state index in [-0.39, 0.29) is 24.1 Å². The summed E-state index contributed by atoms with van der Waals surface area (Å²) in [7, 11) is 5.67. The third-order valence-electron chi connectivity index (χ3n) is 6.94. The number of thiophene rings is 1. The number of aryl methyl sites for hydroxylation is 1. The van der Waals surface area contributed by atoms with Gasteiger partial charge in [-0.3, -0.25) is 14.6 Å². The summed E-state index contributed by atoms with van der Waals surface area (Å²) in [6, 6.07) is 11.7. The molecule has 1 aromatic carbocycles. The minimum absolute atomic E-state index is 0.104. The van der Waals surface area contributed by atoms with Gasteiger partial charge in [0.05, 0.1) is 10.2 Å². The molecule has 0 radical (unpaired) electrons. The van der Waals surface area contributed by atoms with E-state index in [9.17, 15) is 35.9 Å². The van der Waals surface area contributed by atoms with Gasteiger partial charge in [-0.15, -0.1) is 11.3 Å². The molecule has 47 heavy (non-hydrogen) atoms. The van der Waals surface area contributed by atoms with Gasteiger partial charge in [0.15, 0.2) is 5.75 Å². The van der Waals surface area contributed by atoms with E-state index in [4.69, 9.17) is 24.5 Å². The first-order valence-corrected chi connectivity index (χ1v) is 14.3. The fourth-order valence-corrected chi connectivity index (χ4v) is 5.76. The summed E-state index contributed by atoms with van der Waals surface area (Å²) in [5.74, 6) is -5.24. The summed E-state index contributed by atoms with van der Waals surface area (Å²) in [6.45, 7) is 2.05. The summed E-state index contributed by atoms with van der Waals surface area (Å²) in [4.78, 5) is 53.5. The van der Waals surface area contributed by atoms with Crippen molar-refractivity contribution in [2.75, 3.05) is 27.2 Å². The molecule has 0 saturated carbocycles. The number of carboxylic acids is 2. The Hall–Kier alpha value is -4.71. The number of likely N-dealkylation sites (tertiary alicyclic amines) is 1. The molecule has 3 aromatic heterocycles. The van der Waals surface area contributed by atoms with E-state index >= 15 is 0 Å². The second-order valence-electron chi connectivity index (χ2n) is 10.2. The number of likely N-dealkylation sites (N-methyl/N-ethyl adjacent to an activating group) is 2. The highest BCUT2D eigenvalue weighted by Crippen LogP contribution is 2.41. The number of pyridine rings is 2. The van der Waals surface area contributed by atoms with Crippen LogP contribution in [-0.4, -0.2) is 93.0 Å². The van der Waals surface area contributed by atoms with Crippen LogP contribution in [0.1, 0.15) is 21.7 Å². The van der Waals surface area contributed by atoms with Crippen molar-refractivity contribution in [3.8, 4) is 5.75 Å². The minimum atomic E-state index is -5.08. The van der Waals surface area contributed by atoms with Crippen LogP contribution in [0.25, 0.3) is 21.0 Å². The summed E-state index contributed by atoms with van der Waals surface area (Å²) < 4.78 is 72.1. The van der Waals surface area contributed by atoms with E-state index in [1.54, 1.807) is 28.9 Å². The van der Waals surface area contributed by atoms with Gasteiger partial charge in [-0.2, -0.15) is 26.3 Å². The molecule has 2 N–H and O–H groups in total. The van der Waals surface area contributed by atoms with Gasteiger partial charge in [-0.1, -0.05) is 18.2 Å². The predicted molar refractivity (Wildman–Crippen MR) is 159 cm³/mol. The zero-order valence-electron chi connectivity index (χ0n) is 24.9. The molecule has 0 bridgehead atoms. The van der Waals surface area contributed by atoms with Crippen molar-refractivity contribution in [1.29, 1.82) is 0 Å². The Morgan fingerprint density at radius 1 is 1.00 bits per heavy atom. The third kappa shape index (κ3) is 8.97. The maximum atomic E-state index is 13.7. The fraction of sp³-hybridized carbons (Fsp3) is 0.345. The molecule has 1 unspecified atom stereocenters. The summed E-state index contributed by atoms with van der Waals surface area (Å²) in [5.41, 5.74) is 1.60. The van der Waals surface area contributed by atoms with Crippen LogP contribution < -0.4 is 10.3 Å². The van der Waals surface area contributed by atoms with Crippen LogP contribution >= 0.6 is 11.3 Å². The molecule has 4 heterocycles. The van der Waals surface area contributed by atoms with E-state index in [0.717, 1.165) is 40.7 Å². The molecule has 11 nitrogen and oxygen atoms in total. The number of benzene rings is 1. The molecule has 1 atom stereocenters. The number of carboxylic acid groups (broad SMARTS) is 2. The number of carbonyl (C=O) groups excluding carboxylic acids is 1. The molecule has 5 rings (SSSR count). The Morgan fingerprint density at radius 2 is 1.55 bits per heavy atom. The Balaban J connectivity index is 0.000000360. The number of carbonyl (C=O) groups is 3. The van der Waals surface area contributed by atoms with Crippen molar-refractivity contribution >= 4 is 50.2 Å². The molecule has 0 aliphatic carbocycles. The molecule has 4 aromatic rings. The number of hydrogen-bond acceptors (Lipinski definition) is 8. The monoisotopic (exact) mass is 690 g/mol. The quantitative estimate of drug-likeness (QED) is 0.283. The maximum absolute atomic E-state index is 13.7. The van der Waals surface area contributed by atoms with E-state index in [2.05, 4.69) is 16.9 Å². The van der Waals surface area contributed by atoms with Crippen molar-refractivity contribution in [1.82, 2.24) is 19.4 Å². The molecule has 0 spiro atoms. The molecule has 1 saturated heterocycles. The van der Waals surface area contributed by atoms with Gasteiger partial charge in [0.2, 0.25) is 0 Å². The number of para-hydroxylation sites is 1. The minimum Gasteiger partial charge on any atom is -0.486 e. The molecule has 18 heteroatoms. The Morgan fingerprint density at radius 3 is 2.06 bits per heavy atom. The number of halogens is 6. The molecule has 1 aliphatic rings. The first-order chi connectivity index (χ1) is 21.8. The normalized spacial score (nSPS) is 15.0. The number of hydrogen-bond donors (Lipinski definition) is 2. The first kappa shape index (κ1) is 36.8. The van der Waals surface area contributed by atoms with Gasteiger partial charge in [0, 0.05) is 44.5 Å². The lowest BCUT2D eigenvalue weighted by atomic mass is 10.1. The van der Waals surface area contributed by atoms with Gasteiger partial charge in [-0.25, -0.2) is 9.59 Å². The van der Waals surface area contributed by atoms with Crippen LogP contribution in [0.2, 0.25) is 0 Å². The van der Waals surface area contributed by atoms with E-state index in [1.165, 1.54) is 11.3 Å². The lowest BCUT2D eigenvalue weighted by Crippen LogP contribution is -2.38. The van der Waals surface area contributed by atoms with Crippen molar-refractivity contribution in [3.63, 3.8) is 0 Å². The Labute approximate surface area is 266 Å². The second-order valence-corrected chi connectivity index (χ2v) is 11.2. The number of ether oxygens (including phenoxy) is 1. The largest absolute Gasteiger partial charge is 0.490 e. The number of aromatic nitrogens is 2. The highest BCUT2D eigenvalue weighted by Gasteiger charge is 2.39. The Kier molecular flexibility index (Phi) is 11.6. The lowest BCUT2D eigenvalue weighted by molar-refractivity contribution is -0.193. The molecule has 1 fully saturated rings. The average molecular weight is 691 g/mol. The predicted octanol–water partition coefficient (Wildman–Crippen LogP) is 4.77. The average Bonchev–Trinajstić information content (AvgIpc) is 3.62. The summed E-state index contributed by atoms with van der Waals surface area (Å²) in [6.07, 6.45) is -5.83. The van der Waals surface area contributed by atoms with Crippen LogP contribution in [0, 0.1) is 0 Å². The SMILES string of the molecule is CN1CCC(N(C)C(=O)c2sc3c(c2OCc2ccncc2)c(=O)n(C)c2ccccc32)C1.O=C(O)C(F)(F)F.O=C(O)C(F)(F)F. The summed E-state index contributed by atoms with van der Waals surface area (Å²) >= 11 is 1.35. The number of amides is 1. The maximum Gasteiger partial charge on any atom is 0.490 e. The van der Waals surface area contributed by atoms with Crippen LogP contribution in [-0.2, 0) is 23.2 Å². The molecular weight excluding hydrogens is 662 g/mol. The van der Waals surface area contributed by atoms with Crippen molar-refractivity contribution in [2.24, 2.45) is 7.05 Å². The number of fused-ring (bicyclic) bond motifs is 3. The smallest absolute Gasteiger partial charge is 0.486 e. The standard InChI is InChI=1S/C25H26N4O3S.2C2HF3O2/c1-27-13-10-17(14-27)28(2)25(31)23-21(32-15-16-8-11-26-12-9-16)20-22(33-23)18-6-4-5-7-19(18)29(3)24(20)30;2*3-2(4,5)1(6)7/h4-9,11-12,17H,10,13-15H2,1-3H3;2*(H,6,7). The van der Waals surface area contributed by atoms with Gasteiger partial charge in [-0.05, 0) is 43.8 Å². The highest BCUT2D eigenvalue weighted by molar-refractivity contribution is 7.22. The van der Waals surface area contributed by atoms with Crippen LogP contribution in [0.4, 0.5) is 26.3 Å².